The highest BCUT2D eigenvalue weighted by molar-refractivity contribution is 5.26. The van der Waals surface area contributed by atoms with Crippen LogP contribution in [0.4, 0.5) is 0 Å². The van der Waals surface area contributed by atoms with Crippen LogP contribution in [0.25, 0.3) is 0 Å². The van der Waals surface area contributed by atoms with Crippen molar-refractivity contribution >= 4 is 0 Å². The van der Waals surface area contributed by atoms with E-state index >= 15 is 0 Å². The predicted molar refractivity (Wildman–Crippen MR) is 89.0 cm³/mol. The van der Waals surface area contributed by atoms with Crippen LogP contribution in [0.1, 0.15) is 23.1 Å². The lowest BCUT2D eigenvalue weighted by atomic mass is 9.77. The molecule has 0 bridgehead atoms. The van der Waals surface area contributed by atoms with Gasteiger partial charge in [-0.15, -0.1) is 0 Å². The maximum absolute atomic E-state index is 6.05. The van der Waals surface area contributed by atoms with Gasteiger partial charge in [0.15, 0.2) is 0 Å². The molecule has 2 aromatic rings. The Hall–Kier alpha value is -1.78. The van der Waals surface area contributed by atoms with Gasteiger partial charge in [-0.25, -0.2) is 9.97 Å². The molecule has 1 spiro atoms. The Bertz CT molecular complexity index is 667. The van der Waals surface area contributed by atoms with Gasteiger partial charge in [0.05, 0.1) is 12.7 Å². The molecule has 3 heterocycles. The lowest BCUT2D eigenvalue weighted by Crippen LogP contribution is -2.56. The van der Waals surface area contributed by atoms with E-state index in [2.05, 4.69) is 46.1 Å². The quantitative estimate of drug-likeness (QED) is 0.870. The molecule has 23 heavy (non-hydrogen) atoms. The van der Waals surface area contributed by atoms with Gasteiger partial charge in [0.25, 0.3) is 0 Å². The zero-order valence-electron chi connectivity index (χ0n) is 13.6. The Labute approximate surface area is 137 Å². The lowest BCUT2D eigenvalue weighted by Gasteiger charge is -2.47. The third-order valence-corrected chi connectivity index (χ3v) is 5.14. The smallest absolute Gasteiger partial charge is 0.115 e. The summed E-state index contributed by atoms with van der Waals surface area (Å²) < 4.78 is 6.05. The van der Waals surface area contributed by atoms with Crippen molar-refractivity contribution in [2.45, 2.75) is 32.4 Å². The second-order valence-corrected chi connectivity index (χ2v) is 7.16. The van der Waals surface area contributed by atoms with Crippen molar-refractivity contribution < 1.29 is 4.74 Å². The summed E-state index contributed by atoms with van der Waals surface area (Å²) in [5.41, 5.74) is 4.38. The molecule has 2 fully saturated rings. The Morgan fingerprint density at radius 2 is 2.00 bits per heavy atom. The summed E-state index contributed by atoms with van der Waals surface area (Å²) in [6, 6.07) is 8.68. The standard InChI is InChI=1S/C19H23N3O/c1-15-4-2-3-5-17(15)10-22-11-19(12-22)7-18(23-13-19)6-16-8-20-14-21-9-16/h2-5,8-9,14,18H,6-7,10-13H2,1H3/t18-/m1/s1. The monoisotopic (exact) mass is 309 g/mol. The van der Waals surface area contributed by atoms with Crippen molar-refractivity contribution in [1.29, 1.82) is 0 Å². The second-order valence-electron chi connectivity index (χ2n) is 7.16. The molecule has 0 unspecified atom stereocenters. The van der Waals surface area contributed by atoms with E-state index in [0.717, 1.165) is 39.1 Å². The van der Waals surface area contributed by atoms with Crippen LogP contribution in [0, 0.1) is 12.3 Å². The number of ether oxygens (including phenoxy) is 1. The topological polar surface area (TPSA) is 38.2 Å². The van der Waals surface area contributed by atoms with Crippen LogP contribution in [0.2, 0.25) is 0 Å². The number of likely N-dealkylation sites (tertiary alicyclic amines) is 1. The first-order valence-electron chi connectivity index (χ1n) is 8.35. The van der Waals surface area contributed by atoms with Crippen molar-refractivity contribution in [3.05, 3.63) is 59.7 Å². The number of aryl methyl sites for hydroxylation is 1. The van der Waals surface area contributed by atoms with E-state index in [1.807, 2.05) is 12.4 Å². The summed E-state index contributed by atoms with van der Waals surface area (Å²) in [7, 11) is 0. The highest BCUT2D eigenvalue weighted by Crippen LogP contribution is 2.42. The molecule has 0 aliphatic carbocycles. The minimum atomic E-state index is 0.321. The van der Waals surface area contributed by atoms with Gasteiger partial charge in [0.1, 0.15) is 6.33 Å². The fraction of sp³-hybridized carbons (Fsp3) is 0.474. The van der Waals surface area contributed by atoms with E-state index in [1.54, 1.807) is 6.33 Å². The summed E-state index contributed by atoms with van der Waals surface area (Å²) in [6.07, 6.45) is 7.78. The molecule has 0 saturated carbocycles. The van der Waals surface area contributed by atoms with Crippen LogP contribution in [0.15, 0.2) is 43.0 Å². The van der Waals surface area contributed by atoms with E-state index in [0.29, 0.717) is 11.5 Å². The van der Waals surface area contributed by atoms with Gasteiger partial charge in [-0.1, -0.05) is 24.3 Å². The van der Waals surface area contributed by atoms with Gasteiger partial charge in [-0.2, -0.15) is 0 Å². The van der Waals surface area contributed by atoms with Crippen molar-refractivity contribution in [3.63, 3.8) is 0 Å². The maximum Gasteiger partial charge on any atom is 0.115 e. The largest absolute Gasteiger partial charge is 0.377 e. The second kappa shape index (κ2) is 6.02. The van der Waals surface area contributed by atoms with Crippen LogP contribution in [-0.4, -0.2) is 40.7 Å². The van der Waals surface area contributed by atoms with Crippen molar-refractivity contribution in [1.82, 2.24) is 14.9 Å². The summed E-state index contributed by atoms with van der Waals surface area (Å²) in [5, 5.41) is 0. The molecular weight excluding hydrogens is 286 g/mol. The number of aromatic nitrogens is 2. The summed E-state index contributed by atoms with van der Waals surface area (Å²) in [4.78, 5) is 10.7. The molecule has 1 aromatic heterocycles. The molecule has 0 N–H and O–H groups in total. The van der Waals surface area contributed by atoms with E-state index < -0.39 is 0 Å². The summed E-state index contributed by atoms with van der Waals surface area (Å²) in [6.45, 7) is 6.47. The van der Waals surface area contributed by atoms with Crippen LogP contribution >= 0.6 is 0 Å². The molecule has 2 aliphatic rings. The molecule has 1 aromatic carbocycles. The Morgan fingerprint density at radius 1 is 1.22 bits per heavy atom. The molecule has 120 valence electrons. The minimum absolute atomic E-state index is 0.321. The summed E-state index contributed by atoms with van der Waals surface area (Å²) >= 11 is 0. The molecule has 0 amide bonds. The Morgan fingerprint density at radius 3 is 2.78 bits per heavy atom. The molecule has 4 rings (SSSR count). The molecule has 1 atom stereocenters. The SMILES string of the molecule is Cc1ccccc1CN1CC2(CO[C@H](Cc3cncnc3)C2)C1. The van der Waals surface area contributed by atoms with E-state index in [4.69, 9.17) is 4.74 Å². The first-order chi connectivity index (χ1) is 11.2. The first-order valence-corrected chi connectivity index (χ1v) is 8.35. The maximum atomic E-state index is 6.05. The number of rotatable bonds is 4. The Balaban J connectivity index is 1.30. The number of hydrogen-bond donors (Lipinski definition) is 0. The van der Waals surface area contributed by atoms with Crippen LogP contribution in [0.3, 0.4) is 0 Å². The normalized spacial score (nSPS) is 23.1. The minimum Gasteiger partial charge on any atom is -0.377 e. The molecular formula is C19H23N3O. The van der Waals surface area contributed by atoms with Crippen molar-refractivity contribution in [3.8, 4) is 0 Å². The number of nitrogens with zero attached hydrogens (tertiary/aromatic N) is 3. The fourth-order valence-corrected chi connectivity index (χ4v) is 3.99. The van der Waals surface area contributed by atoms with Gasteiger partial charge in [0, 0.05) is 43.9 Å². The van der Waals surface area contributed by atoms with Gasteiger partial charge < -0.3 is 4.74 Å². The average Bonchev–Trinajstić information content (AvgIpc) is 2.94. The molecule has 2 aliphatic heterocycles. The van der Waals surface area contributed by atoms with Crippen molar-refractivity contribution in [2.24, 2.45) is 5.41 Å². The highest BCUT2D eigenvalue weighted by atomic mass is 16.5. The average molecular weight is 309 g/mol. The van der Waals surface area contributed by atoms with Gasteiger partial charge in [-0.3, -0.25) is 4.90 Å². The number of benzene rings is 1. The fourth-order valence-electron chi connectivity index (χ4n) is 3.99. The van der Waals surface area contributed by atoms with Crippen LogP contribution < -0.4 is 0 Å². The first kappa shape index (κ1) is 14.8. The predicted octanol–water partition coefficient (Wildman–Crippen LogP) is 2.62. The number of hydrogen-bond acceptors (Lipinski definition) is 4. The van der Waals surface area contributed by atoms with E-state index in [1.165, 1.54) is 16.7 Å². The Kier molecular flexibility index (Phi) is 3.87. The zero-order chi connectivity index (χ0) is 15.7. The lowest BCUT2D eigenvalue weighted by molar-refractivity contribution is -0.0141. The molecule has 4 heteroatoms. The van der Waals surface area contributed by atoms with Crippen molar-refractivity contribution in [2.75, 3.05) is 19.7 Å². The van der Waals surface area contributed by atoms with Crippen LogP contribution in [0.5, 0.6) is 0 Å². The molecule has 2 saturated heterocycles. The van der Waals surface area contributed by atoms with Gasteiger partial charge >= 0.3 is 0 Å². The highest BCUT2D eigenvalue weighted by Gasteiger charge is 2.48. The van der Waals surface area contributed by atoms with E-state index in [9.17, 15) is 0 Å². The van der Waals surface area contributed by atoms with E-state index in [-0.39, 0.29) is 0 Å². The summed E-state index contributed by atoms with van der Waals surface area (Å²) in [5.74, 6) is 0. The molecule has 4 nitrogen and oxygen atoms in total. The van der Waals surface area contributed by atoms with Gasteiger partial charge in [0.2, 0.25) is 0 Å². The zero-order valence-corrected chi connectivity index (χ0v) is 13.6. The molecule has 0 radical (unpaired) electrons. The third kappa shape index (κ3) is 3.14. The van der Waals surface area contributed by atoms with Gasteiger partial charge in [-0.05, 0) is 30.0 Å². The van der Waals surface area contributed by atoms with Crippen LogP contribution in [-0.2, 0) is 17.7 Å². The third-order valence-electron chi connectivity index (χ3n) is 5.14.